The van der Waals surface area contributed by atoms with Crippen LogP contribution in [0.3, 0.4) is 0 Å². The van der Waals surface area contributed by atoms with Gasteiger partial charge in [-0.2, -0.15) is 0 Å². The number of ether oxygens (including phenoxy) is 1. The molecule has 2 rings (SSSR count). The van der Waals surface area contributed by atoms with Crippen LogP contribution in [0, 0.1) is 0 Å². The topological polar surface area (TPSA) is 37.4 Å². The van der Waals surface area contributed by atoms with Crippen LogP contribution in [0.5, 0.6) is 5.75 Å². The first-order chi connectivity index (χ1) is 9.72. The van der Waals surface area contributed by atoms with Crippen molar-refractivity contribution in [3.8, 4) is 5.75 Å². The lowest BCUT2D eigenvalue weighted by Gasteiger charge is -2.20. The van der Waals surface area contributed by atoms with E-state index in [0.717, 1.165) is 30.3 Å². The van der Waals surface area contributed by atoms with Crippen LogP contribution in [-0.4, -0.2) is 25.7 Å². The molecule has 0 atom stereocenters. The van der Waals surface area contributed by atoms with Gasteiger partial charge in [0.25, 0.3) is 0 Å². The fourth-order valence-electron chi connectivity index (χ4n) is 2.06. The van der Waals surface area contributed by atoms with Gasteiger partial charge in [-0.3, -0.25) is 0 Å². The van der Waals surface area contributed by atoms with Gasteiger partial charge in [-0.05, 0) is 36.8 Å². The van der Waals surface area contributed by atoms with Gasteiger partial charge in [0.05, 0.1) is 7.11 Å². The quantitative estimate of drug-likeness (QED) is 0.875. The first-order valence-corrected chi connectivity index (χ1v) is 6.77. The molecule has 0 bridgehead atoms. The Hall–Kier alpha value is -2.23. The summed E-state index contributed by atoms with van der Waals surface area (Å²) >= 11 is 0. The average molecular weight is 271 g/mol. The largest absolute Gasteiger partial charge is 0.497 e. The summed E-state index contributed by atoms with van der Waals surface area (Å²) in [5.74, 6) is 1.79. The lowest BCUT2D eigenvalue weighted by Crippen LogP contribution is -2.16. The first-order valence-electron chi connectivity index (χ1n) is 6.77. The number of nitrogens with one attached hydrogen (secondary N) is 1. The van der Waals surface area contributed by atoms with Crippen LogP contribution in [-0.2, 0) is 6.54 Å². The second kappa shape index (κ2) is 6.80. The predicted molar refractivity (Wildman–Crippen MR) is 83.5 cm³/mol. The third kappa shape index (κ3) is 3.63. The van der Waals surface area contributed by atoms with E-state index in [-0.39, 0.29) is 0 Å². The highest BCUT2D eigenvalue weighted by atomic mass is 16.5. The molecule has 0 aliphatic carbocycles. The van der Waals surface area contributed by atoms with Gasteiger partial charge in [-0.1, -0.05) is 6.07 Å². The van der Waals surface area contributed by atoms with Crippen LogP contribution in [0.25, 0.3) is 0 Å². The van der Waals surface area contributed by atoms with Crippen molar-refractivity contribution in [3.05, 3.63) is 48.2 Å². The molecule has 1 aromatic carbocycles. The minimum atomic E-state index is 0.827. The Labute approximate surface area is 120 Å². The van der Waals surface area contributed by atoms with Crippen LogP contribution in [0.2, 0.25) is 0 Å². The molecule has 2 aromatic rings. The summed E-state index contributed by atoms with van der Waals surface area (Å²) < 4.78 is 5.26. The number of hydrogen-bond acceptors (Lipinski definition) is 4. The lowest BCUT2D eigenvalue weighted by molar-refractivity contribution is 0.415. The van der Waals surface area contributed by atoms with Crippen LogP contribution in [0.1, 0.15) is 12.5 Å². The molecule has 0 saturated carbocycles. The van der Waals surface area contributed by atoms with Gasteiger partial charge in [0.1, 0.15) is 11.6 Å². The number of benzene rings is 1. The van der Waals surface area contributed by atoms with Gasteiger partial charge in [-0.15, -0.1) is 0 Å². The number of aromatic nitrogens is 1. The highest BCUT2D eigenvalue weighted by Gasteiger charge is 2.04. The van der Waals surface area contributed by atoms with Crippen molar-refractivity contribution in [2.45, 2.75) is 13.5 Å². The van der Waals surface area contributed by atoms with Crippen molar-refractivity contribution < 1.29 is 4.74 Å². The highest BCUT2D eigenvalue weighted by Crippen LogP contribution is 2.21. The number of methoxy groups -OCH3 is 1. The molecule has 0 saturated heterocycles. The first kappa shape index (κ1) is 14.2. The fraction of sp³-hybridized carbons (Fsp3) is 0.312. The Morgan fingerprint density at radius 1 is 1.25 bits per heavy atom. The van der Waals surface area contributed by atoms with Crippen molar-refractivity contribution >= 4 is 11.5 Å². The molecule has 0 aliphatic rings. The summed E-state index contributed by atoms with van der Waals surface area (Å²) in [5, 5.41) is 3.23. The van der Waals surface area contributed by atoms with Crippen LogP contribution in [0.4, 0.5) is 11.5 Å². The molecule has 0 unspecified atom stereocenters. The molecule has 106 valence electrons. The summed E-state index contributed by atoms with van der Waals surface area (Å²) in [6, 6.07) is 12.2. The molecule has 1 heterocycles. The normalized spacial score (nSPS) is 10.2. The molecule has 1 aromatic heterocycles. The van der Waals surface area contributed by atoms with Crippen molar-refractivity contribution in [3.63, 3.8) is 0 Å². The molecular weight excluding hydrogens is 250 g/mol. The van der Waals surface area contributed by atoms with Crippen LogP contribution < -0.4 is 15.0 Å². The Morgan fingerprint density at radius 3 is 2.85 bits per heavy atom. The van der Waals surface area contributed by atoms with E-state index in [1.54, 1.807) is 7.11 Å². The molecule has 20 heavy (non-hydrogen) atoms. The summed E-state index contributed by atoms with van der Waals surface area (Å²) in [4.78, 5) is 6.47. The van der Waals surface area contributed by atoms with Crippen LogP contribution >= 0.6 is 0 Å². The van der Waals surface area contributed by atoms with Gasteiger partial charge in [0.15, 0.2) is 0 Å². The molecule has 4 nitrogen and oxygen atoms in total. The molecule has 0 fully saturated rings. The zero-order valence-electron chi connectivity index (χ0n) is 12.3. The zero-order chi connectivity index (χ0) is 14.4. The molecule has 0 spiro atoms. The number of nitrogens with zero attached hydrogens (tertiary/aromatic N) is 2. The van der Waals surface area contributed by atoms with Gasteiger partial charge >= 0.3 is 0 Å². The smallest absolute Gasteiger partial charge is 0.126 e. The van der Waals surface area contributed by atoms with Crippen LogP contribution in [0.15, 0.2) is 42.6 Å². The van der Waals surface area contributed by atoms with Crippen molar-refractivity contribution in [1.29, 1.82) is 0 Å². The Kier molecular flexibility index (Phi) is 4.82. The van der Waals surface area contributed by atoms with E-state index in [9.17, 15) is 0 Å². The molecule has 0 amide bonds. The van der Waals surface area contributed by atoms with Crippen molar-refractivity contribution in [2.75, 3.05) is 30.9 Å². The molecule has 0 radical (unpaired) electrons. The Balaban J connectivity index is 2.10. The maximum absolute atomic E-state index is 5.26. The van der Waals surface area contributed by atoms with E-state index in [4.69, 9.17) is 4.74 Å². The monoisotopic (exact) mass is 271 g/mol. The van der Waals surface area contributed by atoms with Crippen molar-refractivity contribution in [1.82, 2.24) is 4.98 Å². The third-order valence-corrected chi connectivity index (χ3v) is 3.10. The number of pyridine rings is 1. The maximum atomic E-state index is 5.26. The lowest BCUT2D eigenvalue weighted by atomic mass is 10.2. The van der Waals surface area contributed by atoms with E-state index >= 15 is 0 Å². The van der Waals surface area contributed by atoms with Gasteiger partial charge in [-0.25, -0.2) is 4.98 Å². The summed E-state index contributed by atoms with van der Waals surface area (Å²) in [6.45, 7) is 3.77. The van der Waals surface area contributed by atoms with Gasteiger partial charge in [0.2, 0.25) is 0 Å². The van der Waals surface area contributed by atoms with E-state index in [2.05, 4.69) is 41.3 Å². The highest BCUT2D eigenvalue weighted by molar-refractivity contribution is 5.51. The van der Waals surface area contributed by atoms with E-state index < -0.39 is 0 Å². The zero-order valence-corrected chi connectivity index (χ0v) is 12.3. The SMILES string of the molecule is CCNc1cc(CN(C)c2cccc(OC)c2)ccn1. The number of anilines is 2. The third-order valence-electron chi connectivity index (χ3n) is 3.10. The Morgan fingerprint density at radius 2 is 2.10 bits per heavy atom. The molecule has 1 N–H and O–H groups in total. The number of rotatable bonds is 6. The molecule has 0 aliphatic heterocycles. The summed E-state index contributed by atoms with van der Waals surface area (Å²) in [7, 11) is 3.76. The summed E-state index contributed by atoms with van der Waals surface area (Å²) in [5.41, 5.74) is 2.35. The second-order valence-corrected chi connectivity index (χ2v) is 4.64. The Bertz CT molecular complexity index is 557. The van der Waals surface area contributed by atoms with Gasteiger partial charge < -0.3 is 15.0 Å². The van der Waals surface area contributed by atoms with E-state index in [0.29, 0.717) is 0 Å². The maximum Gasteiger partial charge on any atom is 0.126 e. The predicted octanol–water partition coefficient (Wildman–Crippen LogP) is 3.16. The van der Waals surface area contributed by atoms with E-state index in [1.165, 1.54) is 5.56 Å². The minimum absolute atomic E-state index is 0.827. The molecule has 4 heteroatoms. The standard InChI is InChI=1S/C16H21N3O/c1-4-17-16-10-13(8-9-18-16)12-19(2)14-6-5-7-15(11-14)20-3/h5-11H,4,12H2,1-3H3,(H,17,18). The minimum Gasteiger partial charge on any atom is -0.497 e. The average Bonchev–Trinajstić information content (AvgIpc) is 2.48. The van der Waals surface area contributed by atoms with E-state index in [1.807, 2.05) is 30.5 Å². The molecular formula is C16H21N3O. The van der Waals surface area contributed by atoms with Crippen molar-refractivity contribution in [2.24, 2.45) is 0 Å². The summed E-state index contributed by atoms with van der Waals surface area (Å²) in [6.07, 6.45) is 1.84. The fourth-order valence-corrected chi connectivity index (χ4v) is 2.06. The number of hydrogen-bond donors (Lipinski definition) is 1. The second-order valence-electron chi connectivity index (χ2n) is 4.64. The van der Waals surface area contributed by atoms with Gasteiger partial charge in [0, 0.05) is 38.1 Å².